The first kappa shape index (κ1) is 21.4. The first-order valence-electron chi connectivity index (χ1n) is 10.6. The van der Waals surface area contributed by atoms with Gasteiger partial charge in [0.25, 0.3) is 5.91 Å². The van der Waals surface area contributed by atoms with Crippen molar-refractivity contribution in [3.8, 4) is 0 Å². The first-order chi connectivity index (χ1) is 14.0. The molecule has 29 heavy (non-hydrogen) atoms. The Kier molecular flexibility index (Phi) is 7.30. The summed E-state index contributed by atoms with van der Waals surface area (Å²) in [5.74, 6) is 0.294. The van der Waals surface area contributed by atoms with Crippen LogP contribution in [0.15, 0.2) is 23.0 Å². The minimum Gasteiger partial charge on any atom is -0.472 e. The fourth-order valence-corrected chi connectivity index (χ4v) is 4.15. The fourth-order valence-electron chi connectivity index (χ4n) is 4.15. The SMILES string of the molecule is CCN(CC)C(=O)CN1CCN(C(=O)C2CCN(C(=O)c3ccoc3)CC2)CC1. The number of nitrogens with zero attached hydrogens (tertiary/aromatic N) is 4. The van der Waals surface area contributed by atoms with Crippen LogP contribution in [0.2, 0.25) is 0 Å². The van der Waals surface area contributed by atoms with Gasteiger partial charge in [-0.1, -0.05) is 0 Å². The largest absolute Gasteiger partial charge is 0.472 e. The Labute approximate surface area is 172 Å². The Morgan fingerprint density at radius 1 is 1.00 bits per heavy atom. The summed E-state index contributed by atoms with van der Waals surface area (Å²) in [6.07, 6.45) is 4.36. The summed E-state index contributed by atoms with van der Waals surface area (Å²) >= 11 is 0. The topological polar surface area (TPSA) is 77.3 Å². The van der Waals surface area contributed by atoms with Crippen molar-refractivity contribution >= 4 is 17.7 Å². The quantitative estimate of drug-likeness (QED) is 0.711. The minimum atomic E-state index is -0.0314. The molecule has 0 spiro atoms. The van der Waals surface area contributed by atoms with Crippen LogP contribution in [0.3, 0.4) is 0 Å². The lowest BCUT2D eigenvalue weighted by molar-refractivity contribution is -0.139. The zero-order valence-electron chi connectivity index (χ0n) is 17.5. The molecule has 0 aromatic carbocycles. The zero-order valence-corrected chi connectivity index (χ0v) is 17.5. The summed E-state index contributed by atoms with van der Waals surface area (Å²) in [6, 6.07) is 1.67. The second-order valence-corrected chi connectivity index (χ2v) is 7.75. The summed E-state index contributed by atoms with van der Waals surface area (Å²) in [4.78, 5) is 45.3. The molecule has 2 aliphatic heterocycles. The highest BCUT2D eigenvalue weighted by molar-refractivity contribution is 5.94. The van der Waals surface area contributed by atoms with Crippen LogP contribution < -0.4 is 0 Å². The molecule has 1 aromatic rings. The third kappa shape index (κ3) is 5.18. The second-order valence-electron chi connectivity index (χ2n) is 7.75. The molecule has 2 aliphatic rings. The molecular weight excluding hydrogens is 372 g/mol. The lowest BCUT2D eigenvalue weighted by Gasteiger charge is -2.38. The van der Waals surface area contributed by atoms with E-state index in [1.54, 1.807) is 11.0 Å². The maximum atomic E-state index is 12.9. The fraction of sp³-hybridized carbons (Fsp3) is 0.667. The van der Waals surface area contributed by atoms with E-state index in [0.717, 1.165) is 26.2 Å². The number of hydrogen-bond acceptors (Lipinski definition) is 5. The van der Waals surface area contributed by atoms with Crippen molar-refractivity contribution in [1.29, 1.82) is 0 Å². The molecule has 0 N–H and O–H groups in total. The molecule has 8 heteroatoms. The number of piperidine rings is 1. The van der Waals surface area contributed by atoms with Crippen molar-refractivity contribution in [2.24, 2.45) is 5.92 Å². The molecule has 0 radical (unpaired) electrons. The van der Waals surface area contributed by atoms with Crippen molar-refractivity contribution in [3.63, 3.8) is 0 Å². The van der Waals surface area contributed by atoms with E-state index in [1.807, 2.05) is 23.6 Å². The van der Waals surface area contributed by atoms with E-state index in [4.69, 9.17) is 4.42 Å². The highest BCUT2D eigenvalue weighted by Gasteiger charge is 2.32. The number of hydrogen-bond donors (Lipinski definition) is 0. The number of carbonyl (C=O) groups is 3. The normalized spacial score (nSPS) is 18.7. The number of likely N-dealkylation sites (N-methyl/N-ethyl adjacent to an activating group) is 1. The number of carbonyl (C=O) groups excluding carboxylic acids is 3. The number of rotatable bonds is 6. The smallest absolute Gasteiger partial charge is 0.257 e. The highest BCUT2D eigenvalue weighted by atomic mass is 16.3. The number of furan rings is 1. The van der Waals surface area contributed by atoms with Gasteiger partial charge in [0, 0.05) is 58.3 Å². The van der Waals surface area contributed by atoms with E-state index in [1.165, 1.54) is 12.5 Å². The van der Waals surface area contributed by atoms with Crippen LogP contribution in [0.5, 0.6) is 0 Å². The number of piperazine rings is 1. The third-order valence-electron chi connectivity index (χ3n) is 6.06. The van der Waals surface area contributed by atoms with E-state index in [0.29, 0.717) is 51.1 Å². The molecule has 3 heterocycles. The van der Waals surface area contributed by atoms with Crippen molar-refractivity contribution < 1.29 is 18.8 Å². The lowest BCUT2D eigenvalue weighted by Crippen LogP contribution is -2.53. The van der Waals surface area contributed by atoms with Gasteiger partial charge in [-0.25, -0.2) is 0 Å². The molecule has 0 saturated carbocycles. The van der Waals surface area contributed by atoms with Gasteiger partial charge in [-0.15, -0.1) is 0 Å². The Morgan fingerprint density at radius 2 is 1.66 bits per heavy atom. The average Bonchev–Trinajstić information content (AvgIpc) is 3.29. The molecule has 3 rings (SSSR count). The molecule has 160 valence electrons. The van der Waals surface area contributed by atoms with E-state index in [9.17, 15) is 14.4 Å². The van der Waals surface area contributed by atoms with Crippen LogP contribution in [0, 0.1) is 5.92 Å². The number of amides is 3. The molecule has 0 bridgehead atoms. The van der Waals surface area contributed by atoms with Gasteiger partial charge in [-0.3, -0.25) is 19.3 Å². The standard InChI is InChI=1S/C21H32N4O4/c1-3-23(4-2)19(26)15-22-10-12-25(13-11-22)20(27)17-5-8-24(9-6-17)21(28)18-7-14-29-16-18/h7,14,16-17H,3-6,8-13,15H2,1-2H3. The third-order valence-corrected chi connectivity index (χ3v) is 6.06. The van der Waals surface area contributed by atoms with Gasteiger partial charge in [0.05, 0.1) is 18.4 Å². The van der Waals surface area contributed by atoms with Gasteiger partial charge in [0.2, 0.25) is 11.8 Å². The second kappa shape index (κ2) is 9.91. The van der Waals surface area contributed by atoms with Crippen LogP contribution >= 0.6 is 0 Å². The zero-order chi connectivity index (χ0) is 20.8. The average molecular weight is 405 g/mol. The van der Waals surface area contributed by atoms with Gasteiger partial charge in [-0.05, 0) is 32.8 Å². The van der Waals surface area contributed by atoms with Crippen LogP contribution in [0.25, 0.3) is 0 Å². The van der Waals surface area contributed by atoms with Gasteiger partial charge in [0.15, 0.2) is 0 Å². The molecule has 3 amide bonds. The number of likely N-dealkylation sites (tertiary alicyclic amines) is 1. The molecule has 0 unspecified atom stereocenters. The summed E-state index contributed by atoms with van der Waals surface area (Å²) in [5.41, 5.74) is 0.560. The first-order valence-corrected chi connectivity index (χ1v) is 10.6. The van der Waals surface area contributed by atoms with Gasteiger partial charge in [0.1, 0.15) is 6.26 Å². The Balaban J connectivity index is 1.42. The molecule has 2 saturated heterocycles. The predicted molar refractivity (Wildman–Crippen MR) is 108 cm³/mol. The van der Waals surface area contributed by atoms with Crippen molar-refractivity contribution in [1.82, 2.24) is 19.6 Å². The molecule has 0 atom stereocenters. The van der Waals surface area contributed by atoms with Gasteiger partial charge < -0.3 is 19.1 Å². The van der Waals surface area contributed by atoms with E-state index in [2.05, 4.69) is 4.90 Å². The van der Waals surface area contributed by atoms with Crippen molar-refractivity contribution in [2.75, 3.05) is 58.9 Å². The Morgan fingerprint density at radius 3 is 2.21 bits per heavy atom. The molecule has 8 nitrogen and oxygen atoms in total. The van der Waals surface area contributed by atoms with Gasteiger partial charge >= 0.3 is 0 Å². The summed E-state index contributed by atoms with van der Waals surface area (Å²) in [5, 5.41) is 0. The summed E-state index contributed by atoms with van der Waals surface area (Å²) in [7, 11) is 0. The van der Waals surface area contributed by atoms with E-state index >= 15 is 0 Å². The van der Waals surface area contributed by atoms with Crippen LogP contribution in [0.4, 0.5) is 0 Å². The van der Waals surface area contributed by atoms with Crippen LogP contribution in [0.1, 0.15) is 37.0 Å². The van der Waals surface area contributed by atoms with Crippen LogP contribution in [-0.4, -0.2) is 96.2 Å². The van der Waals surface area contributed by atoms with E-state index in [-0.39, 0.29) is 23.6 Å². The van der Waals surface area contributed by atoms with Crippen molar-refractivity contribution in [2.45, 2.75) is 26.7 Å². The summed E-state index contributed by atoms with van der Waals surface area (Å²) < 4.78 is 4.99. The maximum Gasteiger partial charge on any atom is 0.257 e. The molecule has 2 fully saturated rings. The molecular formula is C21H32N4O4. The Bertz CT molecular complexity index is 686. The Hall–Kier alpha value is -2.35. The highest BCUT2D eigenvalue weighted by Crippen LogP contribution is 2.22. The van der Waals surface area contributed by atoms with Crippen molar-refractivity contribution in [3.05, 3.63) is 24.2 Å². The minimum absolute atomic E-state index is 0.0211. The van der Waals surface area contributed by atoms with E-state index < -0.39 is 0 Å². The summed E-state index contributed by atoms with van der Waals surface area (Å²) in [6.45, 7) is 9.86. The predicted octanol–water partition coefficient (Wildman–Crippen LogP) is 1.14. The van der Waals surface area contributed by atoms with Crippen LogP contribution in [-0.2, 0) is 9.59 Å². The monoisotopic (exact) mass is 404 g/mol. The maximum absolute atomic E-state index is 12.9. The molecule has 1 aromatic heterocycles. The van der Waals surface area contributed by atoms with Gasteiger partial charge in [-0.2, -0.15) is 0 Å². The lowest BCUT2D eigenvalue weighted by atomic mass is 9.94. The molecule has 0 aliphatic carbocycles.